The zero-order chi connectivity index (χ0) is 12.6. The van der Waals surface area contributed by atoms with Crippen LogP contribution in [-0.2, 0) is 10.2 Å². The van der Waals surface area contributed by atoms with E-state index in [4.69, 9.17) is 23.2 Å². The molecule has 2 atom stereocenters. The standard InChI is InChI=1S/C13H14Cl2O2/c1-8-4-5-13(7-8,12(16)17)10-3-2-9(14)6-11(10)15/h2-3,6,8H,4-5,7H2,1H3,(H,16,17). The number of aliphatic carboxylic acids is 1. The Bertz CT molecular complexity index is 459. The summed E-state index contributed by atoms with van der Waals surface area (Å²) >= 11 is 12.0. The zero-order valence-electron chi connectivity index (χ0n) is 9.54. The highest BCUT2D eigenvalue weighted by Gasteiger charge is 2.46. The van der Waals surface area contributed by atoms with E-state index in [1.807, 2.05) is 0 Å². The maximum absolute atomic E-state index is 11.6. The molecule has 0 radical (unpaired) electrons. The molecule has 0 amide bonds. The van der Waals surface area contributed by atoms with E-state index < -0.39 is 11.4 Å². The third-order valence-corrected chi connectivity index (χ3v) is 4.16. The van der Waals surface area contributed by atoms with Crippen molar-refractivity contribution in [3.05, 3.63) is 33.8 Å². The Hall–Kier alpha value is -0.730. The molecule has 17 heavy (non-hydrogen) atoms. The van der Waals surface area contributed by atoms with Crippen molar-refractivity contribution >= 4 is 29.2 Å². The molecule has 92 valence electrons. The molecule has 1 fully saturated rings. The molecule has 0 spiro atoms. The molecule has 1 aromatic rings. The summed E-state index contributed by atoms with van der Waals surface area (Å²) in [7, 11) is 0. The first kappa shape index (κ1) is 12.7. The second kappa shape index (κ2) is 4.51. The molecule has 0 saturated heterocycles. The second-order valence-electron chi connectivity index (χ2n) is 4.86. The second-order valence-corrected chi connectivity index (χ2v) is 5.70. The maximum Gasteiger partial charge on any atom is 0.314 e. The van der Waals surface area contributed by atoms with Gasteiger partial charge in [-0.15, -0.1) is 0 Å². The first-order valence-electron chi connectivity index (χ1n) is 5.64. The summed E-state index contributed by atoms with van der Waals surface area (Å²) in [6, 6.07) is 5.07. The van der Waals surface area contributed by atoms with Crippen LogP contribution in [0.15, 0.2) is 18.2 Å². The van der Waals surface area contributed by atoms with Crippen molar-refractivity contribution in [2.45, 2.75) is 31.6 Å². The van der Waals surface area contributed by atoms with Crippen molar-refractivity contribution in [3.8, 4) is 0 Å². The summed E-state index contributed by atoms with van der Waals surface area (Å²) in [6.45, 7) is 2.08. The molecule has 1 N–H and O–H groups in total. The average Bonchev–Trinajstić information content (AvgIpc) is 2.61. The number of carboxylic acids is 1. The number of benzene rings is 1. The van der Waals surface area contributed by atoms with Crippen LogP contribution in [0.2, 0.25) is 10.0 Å². The van der Waals surface area contributed by atoms with E-state index in [1.165, 1.54) is 0 Å². The van der Waals surface area contributed by atoms with Crippen LogP contribution in [0.25, 0.3) is 0 Å². The van der Waals surface area contributed by atoms with Gasteiger partial charge in [0.25, 0.3) is 0 Å². The Morgan fingerprint density at radius 1 is 1.47 bits per heavy atom. The fourth-order valence-electron chi connectivity index (χ4n) is 2.72. The Morgan fingerprint density at radius 2 is 2.18 bits per heavy atom. The van der Waals surface area contributed by atoms with Crippen molar-refractivity contribution in [1.82, 2.24) is 0 Å². The molecular formula is C13H14Cl2O2. The van der Waals surface area contributed by atoms with Crippen molar-refractivity contribution in [3.63, 3.8) is 0 Å². The fraction of sp³-hybridized carbons (Fsp3) is 0.462. The summed E-state index contributed by atoms with van der Waals surface area (Å²) in [4.78, 5) is 11.6. The van der Waals surface area contributed by atoms with Crippen LogP contribution >= 0.6 is 23.2 Å². The molecular weight excluding hydrogens is 259 g/mol. The zero-order valence-corrected chi connectivity index (χ0v) is 11.1. The lowest BCUT2D eigenvalue weighted by atomic mass is 9.78. The molecule has 1 aliphatic rings. The Labute approximate surface area is 111 Å². The molecule has 2 unspecified atom stereocenters. The molecule has 0 aliphatic heterocycles. The van der Waals surface area contributed by atoms with Crippen LogP contribution in [0.4, 0.5) is 0 Å². The number of carbonyl (C=O) groups is 1. The van der Waals surface area contributed by atoms with Crippen molar-refractivity contribution in [2.75, 3.05) is 0 Å². The smallest absolute Gasteiger partial charge is 0.314 e. The maximum atomic E-state index is 11.6. The number of rotatable bonds is 2. The van der Waals surface area contributed by atoms with Gasteiger partial charge >= 0.3 is 5.97 Å². The van der Waals surface area contributed by atoms with Gasteiger partial charge in [0.2, 0.25) is 0 Å². The van der Waals surface area contributed by atoms with Gasteiger partial charge in [0, 0.05) is 10.0 Å². The van der Waals surface area contributed by atoms with Gasteiger partial charge in [-0.2, -0.15) is 0 Å². The molecule has 4 heteroatoms. The highest BCUT2D eigenvalue weighted by atomic mass is 35.5. The first-order valence-corrected chi connectivity index (χ1v) is 6.40. The van der Waals surface area contributed by atoms with E-state index in [-0.39, 0.29) is 0 Å². The first-order chi connectivity index (χ1) is 7.95. The molecule has 0 heterocycles. The quantitative estimate of drug-likeness (QED) is 0.879. The van der Waals surface area contributed by atoms with Crippen LogP contribution in [0.5, 0.6) is 0 Å². The summed E-state index contributed by atoms with van der Waals surface area (Å²) in [5, 5.41) is 10.5. The molecule has 2 rings (SSSR count). The lowest BCUT2D eigenvalue weighted by molar-refractivity contribution is -0.143. The molecule has 1 aromatic carbocycles. The van der Waals surface area contributed by atoms with E-state index in [0.29, 0.717) is 34.4 Å². The van der Waals surface area contributed by atoms with Crippen LogP contribution < -0.4 is 0 Å². The fourth-order valence-corrected chi connectivity index (χ4v) is 3.31. The molecule has 1 saturated carbocycles. The summed E-state index contributed by atoms with van der Waals surface area (Å²) in [6.07, 6.45) is 2.21. The van der Waals surface area contributed by atoms with Crippen LogP contribution in [0, 0.1) is 5.92 Å². The lowest BCUT2D eigenvalue weighted by Gasteiger charge is -2.26. The predicted molar refractivity (Wildman–Crippen MR) is 68.8 cm³/mol. The Kier molecular flexibility index (Phi) is 3.37. The third-order valence-electron chi connectivity index (χ3n) is 3.62. The van der Waals surface area contributed by atoms with E-state index in [1.54, 1.807) is 18.2 Å². The molecule has 0 aromatic heterocycles. The van der Waals surface area contributed by atoms with E-state index in [2.05, 4.69) is 6.92 Å². The van der Waals surface area contributed by atoms with Gasteiger partial charge in [0.05, 0.1) is 5.41 Å². The molecule has 0 bridgehead atoms. The van der Waals surface area contributed by atoms with Crippen molar-refractivity contribution in [1.29, 1.82) is 0 Å². The summed E-state index contributed by atoms with van der Waals surface area (Å²) in [5.41, 5.74) is -0.137. The highest BCUT2D eigenvalue weighted by molar-refractivity contribution is 6.35. The Balaban J connectivity index is 2.51. The highest BCUT2D eigenvalue weighted by Crippen LogP contribution is 2.46. The number of halogens is 2. The van der Waals surface area contributed by atoms with Crippen LogP contribution in [0.1, 0.15) is 31.7 Å². The minimum absolute atomic E-state index is 0.415. The average molecular weight is 273 g/mol. The normalized spacial score (nSPS) is 28.3. The van der Waals surface area contributed by atoms with Crippen molar-refractivity contribution < 1.29 is 9.90 Å². The van der Waals surface area contributed by atoms with Gasteiger partial charge in [0.15, 0.2) is 0 Å². The topological polar surface area (TPSA) is 37.3 Å². The largest absolute Gasteiger partial charge is 0.481 e. The predicted octanol–water partition coefficient (Wildman–Crippen LogP) is 4.14. The summed E-state index contributed by atoms with van der Waals surface area (Å²) in [5.74, 6) is -0.371. The monoisotopic (exact) mass is 272 g/mol. The third kappa shape index (κ3) is 2.16. The van der Waals surface area contributed by atoms with Crippen LogP contribution in [0.3, 0.4) is 0 Å². The molecule has 2 nitrogen and oxygen atoms in total. The van der Waals surface area contributed by atoms with Gasteiger partial charge in [-0.25, -0.2) is 0 Å². The van der Waals surface area contributed by atoms with E-state index in [9.17, 15) is 9.90 Å². The number of hydrogen-bond donors (Lipinski definition) is 1. The SMILES string of the molecule is CC1CCC(C(=O)O)(c2ccc(Cl)cc2Cl)C1. The minimum Gasteiger partial charge on any atom is -0.481 e. The van der Waals surface area contributed by atoms with E-state index >= 15 is 0 Å². The number of hydrogen-bond acceptors (Lipinski definition) is 1. The van der Waals surface area contributed by atoms with Crippen LogP contribution in [-0.4, -0.2) is 11.1 Å². The minimum atomic E-state index is -0.832. The van der Waals surface area contributed by atoms with Gasteiger partial charge in [-0.3, -0.25) is 4.79 Å². The number of carboxylic acid groups (broad SMARTS) is 1. The Morgan fingerprint density at radius 3 is 2.65 bits per heavy atom. The van der Waals surface area contributed by atoms with Crippen molar-refractivity contribution in [2.24, 2.45) is 5.92 Å². The van der Waals surface area contributed by atoms with E-state index in [0.717, 1.165) is 6.42 Å². The lowest BCUT2D eigenvalue weighted by Crippen LogP contribution is -2.33. The molecule has 1 aliphatic carbocycles. The van der Waals surface area contributed by atoms with Gasteiger partial charge in [0.1, 0.15) is 0 Å². The van der Waals surface area contributed by atoms with Gasteiger partial charge in [-0.1, -0.05) is 36.2 Å². The van der Waals surface area contributed by atoms with Gasteiger partial charge < -0.3 is 5.11 Å². The summed E-state index contributed by atoms with van der Waals surface area (Å²) < 4.78 is 0. The van der Waals surface area contributed by atoms with Gasteiger partial charge in [-0.05, 0) is 42.9 Å².